The number of phenols is 1. The van der Waals surface area contributed by atoms with Gasteiger partial charge in [0.25, 0.3) is 0 Å². The number of aromatic hydroxyl groups is 1. The molecule has 8 heteroatoms. The van der Waals surface area contributed by atoms with Crippen LogP contribution in [0.15, 0.2) is 46.6 Å². The summed E-state index contributed by atoms with van der Waals surface area (Å²) in [7, 11) is 4.39. The first-order valence-corrected chi connectivity index (χ1v) is 11.2. The van der Waals surface area contributed by atoms with Crippen LogP contribution in [0.3, 0.4) is 0 Å². The van der Waals surface area contributed by atoms with Crippen molar-refractivity contribution in [2.75, 3.05) is 21.3 Å². The zero-order chi connectivity index (χ0) is 24.5. The number of hydrogen-bond acceptors (Lipinski definition) is 7. The van der Waals surface area contributed by atoms with Crippen LogP contribution >= 0.6 is 0 Å². The summed E-state index contributed by atoms with van der Waals surface area (Å²) >= 11 is 0. The number of hydrogen-bond donors (Lipinski definition) is 1. The van der Waals surface area contributed by atoms with Gasteiger partial charge in [-0.15, -0.1) is 0 Å². The monoisotopic (exact) mass is 463 g/mol. The quantitative estimate of drug-likeness (QED) is 0.417. The third-order valence-electron chi connectivity index (χ3n) is 7.60. The Morgan fingerprint density at radius 1 is 1.00 bits per heavy atom. The Morgan fingerprint density at radius 3 is 2.26 bits per heavy atom. The summed E-state index contributed by atoms with van der Waals surface area (Å²) in [5.74, 6) is -2.68. The van der Waals surface area contributed by atoms with Crippen LogP contribution in [0.1, 0.15) is 31.2 Å². The van der Waals surface area contributed by atoms with Crippen LogP contribution in [-0.4, -0.2) is 54.7 Å². The van der Waals surface area contributed by atoms with Gasteiger partial charge in [0.15, 0.2) is 11.6 Å². The number of fused-ring (bicyclic) bond motifs is 3. The molecule has 8 nitrogen and oxygen atoms in total. The number of carbonyl (C=O) groups is 4. The van der Waals surface area contributed by atoms with Crippen molar-refractivity contribution in [3.8, 4) is 17.2 Å². The van der Waals surface area contributed by atoms with Gasteiger partial charge in [0.1, 0.15) is 17.2 Å². The van der Waals surface area contributed by atoms with E-state index in [0.29, 0.717) is 40.2 Å². The Labute approximate surface area is 196 Å². The van der Waals surface area contributed by atoms with Gasteiger partial charge in [-0.25, -0.2) is 0 Å². The Balaban J connectivity index is 1.79. The van der Waals surface area contributed by atoms with Crippen molar-refractivity contribution < 1.29 is 33.8 Å². The van der Waals surface area contributed by atoms with Crippen LogP contribution in [-0.2, 0) is 19.2 Å². The number of ketones is 2. The fourth-order valence-corrected chi connectivity index (χ4v) is 6.06. The molecule has 2 amide bonds. The van der Waals surface area contributed by atoms with Gasteiger partial charge in [-0.05, 0) is 31.8 Å². The molecule has 0 saturated carbocycles. The molecule has 0 radical (unpaired) electrons. The lowest BCUT2D eigenvalue weighted by Crippen LogP contribution is -2.39. The molecule has 1 N–H and O–H groups in total. The van der Waals surface area contributed by atoms with E-state index in [-0.39, 0.29) is 35.6 Å². The number of imide groups is 1. The summed E-state index contributed by atoms with van der Waals surface area (Å²) in [4.78, 5) is 53.6. The standard InChI is InChI=1S/C26H25NO7/c1-11-7-17(29)16-10-15-13(5-6-14-20(15)26(32)27(2)25(14)31)21(22(16)24(11)30)23-18(33-3)8-12(28)9-19(23)34-4/h5,7-9,14-15,20-21,28H,6,10H2,1-4H3. The van der Waals surface area contributed by atoms with Crippen LogP contribution in [0.4, 0.5) is 0 Å². The first-order chi connectivity index (χ1) is 16.2. The minimum atomic E-state index is -0.714. The predicted octanol–water partition coefficient (Wildman–Crippen LogP) is 2.47. The average molecular weight is 463 g/mol. The summed E-state index contributed by atoms with van der Waals surface area (Å²) in [5, 5.41) is 10.2. The summed E-state index contributed by atoms with van der Waals surface area (Å²) in [6, 6.07) is 2.87. The molecular formula is C26H25NO7. The Kier molecular flexibility index (Phi) is 5.00. The average Bonchev–Trinajstić information content (AvgIpc) is 3.04. The molecule has 4 aliphatic rings. The highest BCUT2D eigenvalue weighted by Crippen LogP contribution is 2.57. The molecule has 0 aromatic heterocycles. The third kappa shape index (κ3) is 2.90. The second-order valence-corrected chi connectivity index (χ2v) is 9.23. The lowest BCUT2D eigenvalue weighted by atomic mass is 9.59. The SMILES string of the molecule is COc1cc(O)cc(OC)c1C1C2=CCC3C(=O)N(C)C(=O)C3C2CC2=C1C(=O)C(C)=CC2=O. The fraction of sp³-hybridized carbons (Fsp3) is 0.385. The molecular weight excluding hydrogens is 438 g/mol. The van der Waals surface area contributed by atoms with E-state index in [2.05, 4.69) is 0 Å². The maximum Gasteiger partial charge on any atom is 0.233 e. The minimum Gasteiger partial charge on any atom is -0.508 e. The van der Waals surface area contributed by atoms with Gasteiger partial charge in [0, 0.05) is 47.4 Å². The van der Waals surface area contributed by atoms with Crippen molar-refractivity contribution >= 4 is 23.4 Å². The Morgan fingerprint density at radius 2 is 1.65 bits per heavy atom. The van der Waals surface area contributed by atoms with Gasteiger partial charge in [-0.3, -0.25) is 24.1 Å². The molecule has 176 valence electrons. The molecule has 4 atom stereocenters. The Hall–Kier alpha value is -3.68. The summed E-state index contributed by atoms with van der Waals surface area (Å²) in [5.41, 5.74) is 2.35. The van der Waals surface area contributed by atoms with Crippen LogP contribution in [0.25, 0.3) is 0 Å². The lowest BCUT2D eigenvalue weighted by molar-refractivity contribution is -0.138. The summed E-state index contributed by atoms with van der Waals surface area (Å²) < 4.78 is 11.2. The van der Waals surface area contributed by atoms with Gasteiger partial charge in [0.05, 0.1) is 26.1 Å². The number of methoxy groups -OCH3 is 2. The molecule has 34 heavy (non-hydrogen) atoms. The molecule has 1 heterocycles. The second kappa shape index (κ2) is 7.68. The van der Waals surface area contributed by atoms with Gasteiger partial charge in [0.2, 0.25) is 11.8 Å². The van der Waals surface area contributed by atoms with Gasteiger partial charge < -0.3 is 14.6 Å². The van der Waals surface area contributed by atoms with E-state index in [1.54, 1.807) is 6.92 Å². The maximum absolute atomic E-state index is 13.5. The van der Waals surface area contributed by atoms with E-state index >= 15 is 0 Å². The number of rotatable bonds is 3. The zero-order valence-electron chi connectivity index (χ0n) is 19.4. The second-order valence-electron chi connectivity index (χ2n) is 9.23. The molecule has 5 rings (SSSR count). The molecule has 3 aliphatic carbocycles. The molecule has 1 saturated heterocycles. The van der Waals surface area contributed by atoms with Gasteiger partial charge in [-0.1, -0.05) is 11.6 Å². The van der Waals surface area contributed by atoms with E-state index in [1.165, 1.54) is 44.4 Å². The highest BCUT2D eigenvalue weighted by atomic mass is 16.5. The smallest absolute Gasteiger partial charge is 0.233 e. The van der Waals surface area contributed by atoms with E-state index in [1.807, 2.05) is 6.08 Å². The highest BCUT2D eigenvalue weighted by Gasteiger charge is 2.56. The van der Waals surface area contributed by atoms with Crippen molar-refractivity contribution in [1.29, 1.82) is 0 Å². The number of amides is 2. The fourth-order valence-electron chi connectivity index (χ4n) is 6.06. The van der Waals surface area contributed by atoms with Gasteiger partial charge >= 0.3 is 0 Å². The number of Topliss-reactive ketones (excluding diaryl/α,β-unsaturated/α-hetero) is 1. The normalized spacial score (nSPS) is 28.3. The number of benzene rings is 1. The van der Waals surface area contributed by atoms with Gasteiger partial charge in [-0.2, -0.15) is 0 Å². The molecule has 1 fully saturated rings. The van der Waals surface area contributed by atoms with E-state index in [4.69, 9.17) is 9.47 Å². The van der Waals surface area contributed by atoms with Crippen LogP contribution in [0.5, 0.6) is 17.2 Å². The van der Waals surface area contributed by atoms with Crippen molar-refractivity contribution in [2.45, 2.75) is 25.7 Å². The topological polar surface area (TPSA) is 110 Å². The number of ether oxygens (including phenoxy) is 2. The number of phenolic OH excluding ortho intramolecular Hbond substituents is 1. The van der Waals surface area contributed by atoms with Crippen molar-refractivity contribution in [3.05, 3.63) is 52.1 Å². The highest BCUT2D eigenvalue weighted by molar-refractivity contribution is 6.24. The molecule has 4 unspecified atom stereocenters. The molecule has 1 aromatic rings. The zero-order valence-corrected chi connectivity index (χ0v) is 19.4. The first kappa shape index (κ1) is 22.1. The predicted molar refractivity (Wildman–Crippen MR) is 120 cm³/mol. The molecule has 1 aliphatic heterocycles. The van der Waals surface area contributed by atoms with Crippen molar-refractivity contribution in [2.24, 2.45) is 17.8 Å². The maximum atomic E-state index is 13.5. The number of allylic oxidation sites excluding steroid dienone is 6. The summed E-state index contributed by atoms with van der Waals surface area (Å²) in [6.45, 7) is 1.61. The third-order valence-corrected chi connectivity index (χ3v) is 7.60. The van der Waals surface area contributed by atoms with Crippen LogP contribution in [0, 0.1) is 17.8 Å². The lowest BCUT2D eigenvalue weighted by Gasteiger charge is -2.42. The number of nitrogens with zero attached hydrogens (tertiary/aromatic N) is 1. The minimum absolute atomic E-state index is 0.0722. The first-order valence-electron chi connectivity index (χ1n) is 11.2. The Bertz CT molecular complexity index is 1240. The molecule has 0 bridgehead atoms. The van der Waals surface area contributed by atoms with Crippen LogP contribution < -0.4 is 9.47 Å². The van der Waals surface area contributed by atoms with E-state index < -0.39 is 23.7 Å². The summed E-state index contributed by atoms with van der Waals surface area (Å²) in [6.07, 6.45) is 3.85. The van der Waals surface area contributed by atoms with Crippen molar-refractivity contribution in [3.63, 3.8) is 0 Å². The molecule has 1 aromatic carbocycles. The molecule has 0 spiro atoms. The van der Waals surface area contributed by atoms with Crippen molar-refractivity contribution in [1.82, 2.24) is 4.90 Å². The van der Waals surface area contributed by atoms with E-state index in [0.717, 1.165) is 5.57 Å². The number of likely N-dealkylation sites (tertiary alicyclic amines) is 1. The van der Waals surface area contributed by atoms with Crippen LogP contribution in [0.2, 0.25) is 0 Å². The van der Waals surface area contributed by atoms with E-state index in [9.17, 15) is 24.3 Å². The largest absolute Gasteiger partial charge is 0.508 e. The number of carbonyl (C=O) groups excluding carboxylic acids is 4.